The van der Waals surface area contributed by atoms with Crippen molar-refractivity contribution in [1.82, 2.24) is 0 Å². The highest BCUT2D eigenvalue weighted by atomic mass is 19.4. The molecule has 156 valence electrons. The molecule has 0 spiro atoms. The molecule has 4 nitrogen and oxygen atoms in total. The molecule has 2 aromatic rings. The Morgan fingerprint density at radius 2 is 1.79 bits per heavy atom. The molecule has 29 heavy (non-hydrogen) atoms. The van der Waals surface area contributed by atoms with Crippen LogP contribution in [0.15, 0.2) is 48.5 Å². The third kappa shape index (κ3) is 5.65. The van der Waals surface area contributed by atoms with Gasteiger partial charge in [0.25, 0.3) is 0 Å². The van der Waals surface area contributed by atoms with Gasteiger partial charge in [-0.3, -0.25) is 5.32 Å². The van der Waals surface area contributed by atoms with Crippen LogP contribution in [0.1, 0.15) is 43.2 Å². The minimum Gasteiger partial charge on any atom is -0.444 e. The largest absolute Gasteiger partial charge is 0.444 e. The van der Waals surface area contributed by atoms with Gasteiger partial charge < -0.3 is 9.64 Å². The van der Waals surface area contributed by atoms with Crippen LogP contribution in [0.4, 0.5) is 29.3 Å². The van der Waals surface area contributed by atoms with E-state index in [2.05, 4.69) is 5.32 Å². The number of carbonyl (C=O) groups excluding carboxylic acids is 1. The first-order valence-corrected chi connectivity index (χ1v) is 9.76. The van der Waals surface area contributed by atoms with Gasteiger partial charge in [-0.25, -0.2) is 4.79 Å². The summed E-state index contributed by atoms with van der Waals surface area (Å²) in [7, 11) is 1.86. The molecule has 1 aliphatic carbocycles. The highest BCUT2D eigenvalue weighted by molar-refractivity contribution is 5.90. The Kier molecular flexibility index (Phi) is 6.67. The molecule has 3 rings (SSSR count). The van der Waals surface area contributed by atoms with Crippen molar-refractivity contribution in [2.24, 2.45) is 0 Å². The Balaban J connectivity index is 1.78. The summed E-state index contributed by atoms with van der Waals surface area (Å²) in [6.07, 6.45) is 0.0481. The second kappa shape index (κ2) is 9.20. The average molecular weight is 406 g/mol. The van der Waals surface area contributed by atoms with Crippen LogP contribution in [0.3, 0.4) is 0 Å². The highest BCUT2D eigenvalue weighted by Crippen LogP contribution is 2.37. The zero-order chi connectivity index (χ0) is 20.9. The minimum absolute atomic E-state index is 0.0411. The van der Waals surface area contributed by atoms with E-state index in [0.29, 0.717) is 5.69 Å². The van der Waals surface area contributed by atoms with Gasteiger partial charge in [0, 0.05) is 13.1 Å². The van der Waals surface area contributed by atoms with Crippen molar-refractivity contribution in [2.45, 2.75) is 50.9 Å². The maximum atomic E-state index is 13.2. The molecule has 1 N–H and O–H groups in total. The van der Waals surface area contributed by atoms with Crippen molar-refractivity contribution in [3.63, 3.8) is 0 Å². The topological polar surface area (TPSA) is 41.6 Å². The fourth-order valence-electron chi connectivity index (χ4n) is 3.65. The van der Waals surface area contributed by atoms with E-state index in [1.54, 1.807) is 12.1 Å². The van der Waals surface area contributed by atoms with E-state index in [4.69, 9.17) is 4.74 Å². The van der Waals surface area contributed by atoms with E-state index in [1.807, 2.05) is 30.1 Å². The van der Waals surface area contributed by atoms with Gasteiger partial charge in [0.2, 0.25) is 0 Å². The smallest absolute Gasteiger partial charge is 0.416 e. The zero-order valence-corrected chi connectivity index (χ0v) is 16.3. The van der Waals surface area contributed by atoms with Crippen LogP contribution in [-0.4, -0.2) is 19.2 Å². The molecular weight excluding hydrogens is 381 g/mol. The lowest BCUT2D eigenvalue weighted by molar-refractivity contribution is -0.137. The summed E-state index contributed by atoms with van der Waals surface area (Å²) in [5.74, 6) is 0. The summed E-state index contributed by atoms with van der Waals surface area (Å²) in [5.41, 5.74) is 0.649. The molecule has 1 fully saturated rings. The van der Waals surface area contributed by atoms with Crippen LogP contribution in [0.25, 0.3) is 0 Å². The minimum atomic E-state index is -4.49. The van der Waals surface area contributed by atoms with Crippen molar-refractivity contribution >= 4 is 17.5 Å². The van der Waals surface area contributed by atoms with Gasteiger partial charge in [0.05, 0.1) is 16.9 Å². The quantitative estimate of drug-likeness (QED) is 0.641. The number of carbonyl (C=O) groups is 1. The molecule has 0 heterocycles. The summed E-state index contributed by atoms with van der Waals surface area (Å²) in [4.78, 5) is 14.2. The first-order chi connectivity index (χ1) is 13.8. The standard InChI is InChI=1S/C22H25F3N2O2/c1-27(18-10-6-3-7-11-18)20-13-12-17(22(23,24)25)14-19(20)26-21(28)29-15-16-8-4-2-5-9-16/h2,4-5,8-9,12-14,18H,3,6-7,10-11,15H2,1H3,(H,26,28). The molecule has 0 unspecified atom stereocenters. The van der Waals surface area contributed by atoms with E-state index in [0.717, 1.165) is 43.4 Å². The number of amides is 1. The summed E-state index contributed by atoms with van der Waals surface area (Å²) in [6.45, 7) is 0.0411. The number of nitrogens with one attached hydrogen (secondary N) is 1. The monoisotopic (exact) mass is 406 g/mol. The Morgan fingerprint density at radius 3 is 2.45 bits per heavy atom. The molecule has 1 amide bonds. The van der Waals surface area contributed by atoms with E-state index >= 15 is 0 Å². The average Bonchev–Trinajstić information content (AvgIpc) is 2.72. The number of ether oxygens (including phenoxy) is 1. The predicted octanol–water partition coefficient (Wildman–Crippen LogP) is 6.22. The predicted molar refractivity (Wildman–Crippen MR) is 107 cm³/mol. The lowest BCUT2D eigenvalue weighted by Crippen LogP contribution is -2.34. The van der Waals surface area contributed by atoms with Crippen LogP contribution >= 0.6 is 0 Å². The van der Waals surface area contributed by atoms with Crippen molar-refractivity contribution in [1.29, 1.82) is 0 Å². The highest BCUT2D eigenvalue weighted by Gasteiger charge is 2.32. The molecule has 0 atom stereocenters. The lowest BCUT2D eigenvalue weighted by atomic mass is 9.94. The van der Waals surface area contributed by atoms with Gasteiger partial charge in [-0.15, -0.1) is 0 Å². The summed E-state index contributed by atoms with van der Waals surface area (Å²) < 4.78 is 44.8. The van der Waals surface area contributed by atoms with E-state index in [1.165, 1.54) is 12.5 Å². The fraction of sp³-hybridized carbons (Fsp3) is 0.409. The lowest BCUT2D eigenvalue weighted by Gasteiger charge is -2.34. The molecule has 0 bridgehead atoms. The van der Waals surface area contributed by atoms with Crippen LogP contribution in [0, 0.1) is 0 Å². The normalized spacial score (nSPS) is 15.0. The van der Waals surface area contributed by atoms with Crippen molar-refractivity contribution < 1.29 is 22.7 Å². The molecule has 7 heteroatoms. The maximum Gasteiger partial charge on any atom is 0.416 e. The molecule has 0 aromatic heterocycles. The Morgan fingerprint density at radius 1 is 1.10 bits per heavy atom. The summed E-state index contributed by atoms with van der Waals surface area (Å²) in [6, 6.07) is 12.8. The summed E-state index contributed by atoms with van der Waals surface area (Å²) >= 11 is 0. The third-order valence-electron chi connectivity index (χ3n) is 5.28. The van der Waals surface area contributed by atoms with Gasteiger partial charge in [-0.05, 0) is 36.6 Å². The van der Waals surface area contributed by atoms with Crippen LogP contribution < -0.4 is 10.2 Å². The third-order valence-corrected chi connectivity index (χ3v) is 5.28. The van der Waals surface area contributed by atoms with Crippen molar-refractivity contribution in [2.75, 3.05) is 17.3 Å². The number of hydrogen-bond acceptors (Lipinski definition) is 3. The van der Waals surface area contributed by atoms with E-state index in [-0.39, 0.29) is 18.3 Å². The van der Waals surface area contributed by atoms with E-state index < -0.39 is 17.8 Å². The van der Waals surface area contributed by atoms with Gasteiger partial charge >= 0.3 is 12.3 Å². The Labute approximate surface area is 168 Å². The van der Waals surface area contributed by atoms with Crippen LogP contribution in [0.5, 0.6) is 0 Å². The Bertz CT molecular complexity index is 819. The number of nitrogens with zero attached hydrogens (tertiary/aromatic N) is 1. The van der Waals surface area contributed by atoms with Crippen LogP contribution in [0.2, 0.25) is 0 Å². The van der Waals surface area contributed by atoms with E-state index in [9.17, 15) is 18.0 Å². The summed E-state index contributed by atoms with van der Waals surface area (Å²) in [5, 5.41) is 2.51. The molecule has 0 aliphatic heterocycles. The number of benzene rings is 2. The number of alkyl halides is 3. The second-order valence-electron chi connectivity index (χ2n) is 7.32. The number of anilines is 2. The second-order valence-corrected chi connectivity index (χ2v) is 7.32. The SMILES string of the molecule is CN(c1ccc(C(F)(F)F)cc1NC(=O)OCc1ccccc1)C1CCCCC1. The van der Waals surface area contributed by atoms with Crippen molar-refractivity contribution in [3.8, 4) is 0 Å². The van der Waals surface area contributed by atoms with Crippen molar-refractivity contribution in [3.05, 3.63) is 59.7 Å². The van der Waals surface area contributed by atoms with Gasteiger partial charge in [-0.2, -0.15) is 13.2 Å². The van der Waals surface area contributed by atoms with Gasteiger partial charge in [0.1, 0.15) is 6.61 Å². The van der Waals surface area contributed by atoms with Gasteiger partial charge in [0.15, 0.2) is 0 Å². The maximum absolute atomic E-state index is 13.2. The zero-order valence-electron chi connectivity index (χ0n) is 16.3. The molecule has 0 radical (unpaired) electrons. The number of hydrogen-bond donors (Lipinski definition) is 1. The molecular formula is C22H25F3N2O2. The molecule has 0 saturated heterocycles. The molecule has 2 aromatic carbocycles. The van der Waals surface area contributed by atoms with Gasteiger partial charge in [-0.1, -0.05) is 49.6 Å². The fourth-order valence-corrected chi connectivity index (χ4v) is 3.65. The number of halogens is 3. The molecule has 1 saturated carbocycles. The first-order valence-electron chi connectivity index (χ1n) is 9.76. The molecule has 1 aliphatic rings. The first kappa shape index (κ1) is 21.0. The van der Waals surface area contributed by atoms with Crippen LogP contribution in [-0.2, 0) is 17.5 Å². The number of rotatable bonds is 5. The Hall–Kier alpha value is -2.70.